The van der Waals surface area contributed by atoms with Crippen molar-refractivity contribution >= 4 is 0 Å². The molecular weight excluding hydrogens is 235 g/mol. The fourth-order valence-corrected chi connectivity index (χ4v) is 1.18. The van der Waals surface area contributed by atoms with E-state index in [0.29, 0.717) is 12.1 Å². The summed E-state index contributed by atoms with van der Waals surface area (Å²) in [5.74, 6) is -3.22. The van der Waals surface area contributed by atoms with E-state index in [1.54, 1.807) is 0 Å². The van der Waals surface area contributed by atoms with Crippen LogP contribution in [0.4, 0.5) is 22.0 Å². The lowest BCUT2D eigenvalue weighted by Crippen LogP contribution is -2.29. The van der Waals surface area contributed by atoms with E-state index >= 15 is 0 Å². The van der Waals surface area contributed by atoms with Gasteiger partial charge in [-0.05, 0) is 12.1 Å². The van der Waals surface area contributed by atoms with Gasteiger partial charge in [0.1, 0.15) is 6.17 Å². The highest BCUT2D eigenvalue weighted by molar-refractivity contribution is 5.33. The van der Waals surface area contributed by atoms with Crippen LogP contribution in [-0.4, -0.2) is 5.21 Å². The summed E-state index contributed by atoms with van der Waals surface area (Å²) in [5.41, 5.74) is 3.61. The molecule has 0 saturated carbocycles. The lowest BCUT2D eigenvalue weighted by molar-refractivity contribution is -0.139. The minimum atomic E-state index is -4.89. The first kappa shape index (κ1) is 12.8. The second-order valence-corrected chi connectivity index (χ2v) is 2.93. The first-order valence-electron chi connectivity index (χ1n) is 3.99. The Morgan fingerprint density at radius 3 is 2.25 bits per heavy atom. The third kappa shape index (κ3) is 2.29. The molecule has 4 N–H and O–H groups in total. The van der Waals surface area contributed by atoms with E-state index in [-0.39, 0.29) is 0 Å². The van der Waals surface area contributed by atoms with Crippen molar-refractivity contribution in [1.82, 2.24) is 5.48 Å². The maximum Gasteiger partial charge on any atom is 0.416 e. The molecule has 0 radical (unpaired) electrons. The fourth-order valence-electron chi connectivity index (χ4n) is 1.18. The molecule has 0 fully saturated rings. The number of alkyl halides is 3. The Labute approximate surface area is 86.6 Å². The fraction of sp³-hybridized carbons (Fsp3) is 0.250. The van der Waals surface area contributed by atoms with E-state index in [2.05, 4.69) is 0 Å². The third-order valence-electron chi connectivity index (χ3n) is 1.89. The summed E-state index contributed by atoms with van der Waals surface area (Å²) in [7, 11) is 0. The molecule has 0 aromatic heterocycles. The van der Waals surface area contributed by atoms with Crippen LogP contribution in [0, 0.1) is 11.6 Å². The van der Waals surface area contributed by atoms with Gasteiger partial charge in [-0.2, -0.15) is 18.7 Å². The van der Waals surface area contributed by atoms with Crippen molar-refractivity contribution in [3.8, 4) is 0 Å². The zero-order valence-corrected chi connectivity index (χ0v) is 7.65. The maximum atomic E-state index is 13.1. The number of rotatable bonds is 2. The zero-order valence-electron chi connectivity index (χ0n) is 7.65. The van der Waals surface area contributed by atoms with Gasteiger partial charge in [0.2, 0.25) is 0 Å². The Bertz CT molecular complexity index is 393. The number of hydroxylamine groups is 1. The average molecular weight is 242 g/mol. The molecule has 1 unspecified atom stereocenters. The van der Waals surface area contributed by atoms with Crippen molar-refractivity contribution in [2.45, 2.75) is 12.3 Å². The van der Waals surface area contributed by atoms with E-state index in [0.717, 1.165) is 0 Å². The average Bonchev–Trinajstić information content (AvgIpc) is 2.19. The molecule has 3 nitrogen and oxygen atoms in total. The minimum Gasteiger partial charge on any atom is -0.315 e. The molecule has 0 spiro atoms. The molecule has 0 saturated heterocycles. The largest absolute Gasteiger partial charge is 0.416 e. The van der Waals surface area contributed by atoms with Crippen molar-refractivity contribution in [1.29, 1.82) is 0 Å². The summed E-state index contributed by atoms with van der Waals surface area (Å²) in [4.78, 5) is 0. The highest BCUT2D eigenvalue weighted by Gasteiger charge is 2.37. The van der Waals surface area contributed by atoms with Gasteiger partial charge in [-0.15, -0.1) is 0 Å². The predicted octanol–water partition coefficient (Wildman–Crippen LogP) is 1.92. The van der Waals surface area contributed by atoms with Crippen LogP contribution < -0.4 is 11.2 Å². The molecule has 0 heterocycles. The molecule has 0 aliphatic carbocycles. The topological polar surface area (TPSA) is 58.3 Å². The van der Waals surface area contributed by atoms with Crippen molar-refractivity contribution in [2.75, 3.05) is 0 Å². The predicted molar refractivity (Wildman–Crippen MR) is 43.2 cm³/mol. The summed E-state index contributed by atoms with van der Waals surface area (Å²) in [6.07, 6.45) is -6.76. The Kier molecular flexibility index (Phi) is 3.46. The second kappa shape index (κ2) is 4.32. The van der Waals surface area contributed by atoms with Crippen LogP contribution in [0.5, 0.6) is 0 Å². The lowest BCUT2D eigenvalue weighted by atomic mass is 10.0. The van der Waals surface area contributed by atoms with Crippen molar-refractivity contribution in [3.05, 3.63) is 34.9 Å². The summed E-state index contributed by atoms with van der Waals surface area (Å²) < 4.78 is 63.1. The van der Waals surface area contributed by atoms with E-state index in [4.69, 9.17) is 10.9 Å². The molecule has 0 amide bonds. The quantitative estimate of drug-likeness (QED) is 0.422. The van der Waals surface area contributed by atoms with Gasteiger partial charge in [0.05, 0.1) is 5.56 Å². The van der Waals surface area contributed by atoms with Crippen LogP contribution in [0.15, 0.2) is 12.1 Å². The maximum absolute atomic E-state index is 13.1. The molecule has 0 aliphatic rings. The Morgan fingerprint density at radius 1 is 1.25 bits per heavy atom. The minimum absolute atomic E-state index is 0.339. The summed E-state index contributed by atoms with van der Waals surface area (Å²) in [5, 5.41) is 8.36. The van der Waals surface area contributed by atoms with E-state index in [1.165, 1.54) is 5.48 Å². The molecule has 0 bridgehead atoms. The first-order chi connectivity index (χ1) is 7.29. The molecular formula is C8H7F5N2O. The number of nitrogens with two attached hydrogens (primary N) is 1. The summed E-state index contributed by atoms with van der Waals surface area (Å²) in [6, 6.07) is 0.691. The van der Waals surface area contributed by atoms with E-state index < -0.39 is 35.1 Å². The van der Waals surface area contributed by atoms with E-state index in [9.17, 15) is 22.0 Å². The highest BCUT2D eigenvalue weighted by atomic mass is 19.4. The molecule has 0 aliphatic heterocycles. The summed E-state index contributed by atoms with van der Waals surface area (Å²) in [6.45, 7) is 0. The molecule has 1 atom stereocenters. The van der Waals surface area contributed by atoms with Gasteiger partial charge in [0.15, 0.2) is 11.6 Å². The number of hydrogen-bond donors (Lipinski definition) is 3. The van der Waals surface area contributed by atoms with Crippen LogP contribution in [0.2, 0.25) is 0 Å². The second-order valence-electron chi connectivity index (χ2n) is 2.93. The van der Waals surface area contributed by atoms with Gasteiger partial charge < -0.3 is 10.9 Å². The van der Waals surface area contributed by atoms with Crippen molar-refractivity contribution < 1.29 is 27.2 Å². The van der Waals surface area contributed by atoms with Crippen LogP contribution in [0.3, 0.4) is 0 Å². The van der Waals surface area contributed by atoms with Crippen molar-refractivity contribution in [3.63, 3.8) is 0 Å². The van der Waals surface area contributed by atoms with Crippen LogP contribution in [0.25, 0.3) is 0 Å². The van der Waals surface area contributed by atoms with Gasteiger partial charge in [-0.3, -0.25) is 0 Å². The number of hydrogen-bond acceptors (Lipinski definition) is 3. The Morgan fingerprint density at radius 2 is 1.81 bits per heavy atom. The van der Waals surface area contributed by atoms with Gasteiger partial charge in [-0.1, -0.05) is 0 Å². The van der Waals surface area contributed by atoms with E-state index in [1.807, 2.05) is 0 Å². The SMILES string of the molecule is NC(NO)c1c(C(F)(F)F)ccc(F)c1F. The highest BCUT2D eigenvalue weighted by Crippen LogP contribution is 2.35. The first-order valence-corrected chi connectivity index (χ1v) is 3.99. The van der Waals surface area contributed by atoms with Gasteiger partial charge in [0.25, 0.3) is 0 Å². The van der Waals surface area contributed by atoms with Crippen LogP contribution >= 0.6 is 0 Å². The monoisotopic (exact) mass is 242 g/mol. The normalized spacial score (nSPS) is 13.9. The summed E-state index contributed by atoms with van der Waals surface area (Å²) >= 11 is 0. The molecule has 8 heteroatoms. The van der Waals surface area contributed by atoms with Crippen molar-refractivity contribution in [2.24, 2.45) is 5.73 Å². The van der Waals surface area contributed by atoms with Gasteiger partial charge in [0, 0.05) is 5.56 Å². The number of benzene rings is 1. The number of halogens is 5. The smallest absolute Gasteiger partial charge is 0.315 e. The molecule has 90 valence electrons. The van der Waals surface area contributed by atoms with Gasteiger partial charge >= 0.3 is 6.18 Å². The zero-order chi connectivity index (χ0) is 12.5. The van der Waals surface area contributed by atoms with Gasteiger partial charge in [-0.25, -0.2) is 8.78 Å². The lowest BCUT2D eigenvalue weighted by Gasteiger charge is -2.17. The van der Waals surface area contributed by atoms with Crippen LogP contribution in [-0.2, 0) is 6.18 Å². The number of nitrogens with one attached hydrogen (secondary N) is 1. The third-order valence-corrected chi connectivity index (χ3v) is 1.89. The molecule has 1 rings (SSSR count). The standard InChI is InChI=1S/C8H7F5N2O/c9-4-2-1-3(8(11,12)13)5(6(4)10)7(14)15-16/h1-2,7,15-16H,14H2. The Hall–Kier alpha value is -1.25. The Balaban J connectivity index is 3.45. The molecule has 1 aromatic carbocycles. The molecule has 16 heavy (non-hydrogen) atoms. The van der Waals surface area contributed by atoms with Crippen LogP contribution in [0.1, 0.15) is 17.3 Å². The molecule has 1 aromatic rings.